The van der Waals surface area contributed by atoms with Gasteiger partial charge in [0.2, 0.25) is 5.91 Å². The van der Waals surface area contributed by atoms with Crippen LogP contribution in [0.3, 0.4) is 0 Å². The quantitative estimate of drug-likeness (QED) is 0.706. The molecule has 0 radical (unpaired) electrons. The molecule has 3 heterocycles. The maximum atomic E-state index is 12.2. The van der Waals surface area contributed by atoms with Gasteiger partial charge in [-0.2, -0.15) is 0 Å². The number of benzene rings is 1. The zero-order valence-electron chi connectivity index (χ0n) is 18.8. The molecule has 2 amide bonds. The molecular formula is C24H36ClN3O3. The van der Waals surface area contributed by atoms with Gasteiger partial charge in [-0.05, 0) is 62.7 Å². The van der Waals surface area contributed by atoms with Crippen molar-refractivity contribution >= 4 is 24.4 Å². The summed E-state index contributed by atoms with van der Waals surface area (Å²) in [7, 11) is 0. The number of hydrogen-bond donors (Lipinski definition) is 0. The van der Waals surface area contributed by atoms with Gasteiger partial charge in [0.25, 0.3) is 0 Å². The van der Waals surface area contributed by atoms with Crippen LogP contribution < -0.4 is 0 Å². The number of carbonyl (C=O) groups is 2. The summed E-state index contributed by atoms with van der Waals surface area (Å²) in [5.41, 5.74) is 2.88. The molecule has 3 aliphatic heterocycles. The van der Waals surface area contributed by atoms with Gasteiger partial charge in [-0.15, -0.1) is 12.4 Å². The van der Waals surface area contributed by atoms with Crippen molar-refractivity contribution in [2.45, 2.75) is 51.5 Å². The van der Waals surface area contributed by atoms with Gasteiger partial charge < -0.3 is 19.4 Å². The van der Waals surface area contributed by atoms with Crippen molar-refractivity contribution in [2.24, 2.45) is 5.92 Å². The number of piperidine rings is 2. The van der Waals surface area contributed by atoms with Crippen LogP contribution in [0.15, 0.2) is 24.3 Å². The van der Waals surface area contributed by atoms with E-state index in [0.717, 1.165) is 71.5 Å². The summed E-state index contributed by atoms with van der Waals surface area (Å²) < 4.78 is 5.13. The van der Waals surface area contributed by atoms with E-state index >= 15 is 0 Å². The molecule has 2 saturated heterocycles. The number of carbonyl (C=O) groups excluding carboxylic acids is 2. The predicted molar refractivity (Wildman–Crippen MR) is 123 cm³/mol. The van der Waals surface area contributed by atoms with Crippen LogP contribution in [-0.4, -0.2) is 72.6 Å². The topological polar surface area (TPSA) is 53.1 Å². The fourth-order valence-electron chi connectivity index (χ4n) is 5.58. The van der Waals surface area contributed by atoms with Gasteiger partial charge in [-0.25, -0.2) is 4.79 Å². The Morgan fingerprint density at radius 2 is 1.74 bits per heavy atom. The highest BCUT2D eigenvalue weighted by atomic mass is 35.5. The maximum Gasteiger partial charge on any atom is 0.409 e. The third-order valence-corrected chi connectivity index (χ3v) is 7.36. The Bertz CT molecular complexity index is 771. The molecule has 0 aromatic heterocycles. The molecule has 4 rings (SSSR count). The highest BCUT2D eigenvalue weighted by Gasteiger charge is 2.42. The lowest BCUT2D eigenvalue weighted by molar-refractivity contribution is -0.131. The standard InChI is InChI=1S/C24H35N3O3.ClH/c1-3-30-23(29)26-12-8-20(9-13-26)16-25-14-10-24(11-15-25)18-27(19(2)28)17-21-6-4-5-7-22(21)24;/h4-7,20H,3,8-18H2,1-2H3;1H. The molecule has 0 bridgehead atoms. The smallest absolute Gasteiger partial charge is 0.409 e. The Kier molecular flexibility index (Phi) is 7.87. The van der Waals surface area contributed by atoms with E-state index in [9.17, 15) is 9.59 Å². The molecule has 0 N–H and O–H groups in total. The van der Waals surface area contributed by atoms with Crippen LogP contribution in [0.1, 0.15) is 50.7 Å². The number of halogens is 1. The predicted octanol–water partition coefficient (Wildman–Crippen LogP) is 3.67. The van der Waals surface area contributed by atoms with Gasteiger partial charge in [0.1, 0.15) is 0 Å². The molecule has 0 atom stereocenters. The van der Waals surface area contributed by atoms with Crippen molar-refractivity contribution in [3.05, 3.63) is 35.4 Å². The average Bonchev–Trinajstić information content (AvgIpc) is 2.76. The Hall–Kier alpha value is -1.79. The second-order valence-electron chi connectivity index (χ2n) is 9.24. The molecule has 3 aliphatic rings. The Morgan fingerprint density at radius 3 is 2.39 bits per heavy atom. The molecule has 0 aliphatic carbocycles. The summed E-state index contributed by atoms with van der Waals surface area (Å²) in [5.74, 6) is 0.830. The third kappa shape index (κ3) is 5.17. The SMILES string of the molecule is CCOC(=O)N1CCC(CN2CCC3(CC2)CN(C(C)=O)Cc2ccccc23)CC1.Cl. The minimum absolute atomic E-state index is 0. The molecule has 0 unspecified atom stereocenters. The molecule has 1 spiro atoms. The number of hydrogen-bond acceptors (Lipinski definition) is 4. The Morgan fingerprint density at radius 1 is 1.06 bits per heavy atom. The number of rotatable bonds is 3. The first-order valence-electron chi connectivity index (χ1n) is 11.5. The number of fused-ring (bicyclic) bond motifs is 2. The van der Waals surface area contributed by atoms with Gasteiger partial charge in [0.05, 0.1) is 6.61 Å². The Labute approximate surface area is 192 Å². The van der Waals surface area contributed by atoms with Gasteiger partial charge in [-0.3, -0.25) is 4.79 Å². The van der Waals surface area contributed by atoms with Crippen LogP contribution in [0.5, 0.6) is 0 Å². The third-order valence-electron chi connectivity index (χ3n) is 7.36. The molecule has 6 nitrogen and oxygen atoms in total. The Balaban J connectivity index is 0.00000272. The van der Waals surface area contributed by atoms with E-state index in [4.69, 9.17) is 4.74 Å². The number of amides is 2. The zero-order valence-corrected chi connectivity index (χ0v) is 19.7. The summed E-state index contributed by atoms with van der Waals surface area (Å²) in [5, 5.41) is 0. The van der Waals surface area contributed by atoms with Crippen molar-refractivity contribution < 1.29 is 14.3 Å². The minimum Gasteiger partial charge on any atom is -0.450 e. The molecule has 31 heavy (non-hydrogen) atoms. The van der Waals surface area contributed by atoms with Gasteiger partial charge in [0.15, 0.2) is 0 Å². The van der Waals surface area contributed by atoms with Gasteiger partial charge in [0, 0.05) is 45.1 Å². The first-order chi connectivity index (χ1) is 14.5. The average molecular weight is 450 g/mol. The maximum absolute atomic E-state index is 12.2. The van der Waals surface area contributed by atoms with Crippen LogP contribution in [-0.2, 0) is 21.5 Å². The molecule has 1 aromatic carbocycles. The normalized spacial score (nSPS) is 21.4. The van der Waals surface area contributed by atoms with E-state index in [-0.39, 0.29) is 29.8 Å². The molecule has 1 aromatic rings. The lowest BCUT2D eigenvalue weighted by atomic mass is 9.68. The van der Waals surface area contributed by atoms with E-state index in [1.165, 1.54) is 11.1 Å². The van der Waals surface area contributed by atoms with Crippen molar-refractivity contribution in [1.29, 1.82) is 0 Å². The van der Waals surface area contributed by atoms with Crippen LogP contribution >= 0.6 is 12.4 Å². The van der Waals surface area contributed by atoms with Crippen LogP contribution in [0.25, 0.3) is 0 Å². The summed E-state index contributed by atoms with van der Waals surface area (Å²) in [4.78, 5) is 30.5. The molecule has 7 heteroatoms. The molecule has 2 fully saturated rings. The summed E-state index contributed by atoms with van der Waals surface area (Å²) in [6.07, 6.45) is 4.16. The molecule has 172 valence electrons. The van der Waals surface area contributed by atoms with E-state index in [2.05, 4.69) is 29.2 Å². The summed E-state index contributed by atoms with van der Waals surface area (Å²) in [6, 6.07) is 8.71. The number of nitrogens with zero attached hydrogens (tertiary/aromatic N) is 3. The first-order valence-corrected chi connectivity index (χ1v) is 11.5. The van der Waals surface area contributed by atoms with Crippen LogP contribution in [0.2, 0.25) is 0 Å². The molecular weight excluding hydrogens is 414 g/mol. The first kappa shape index (κ1) is 23.9. The van der Waals surface area contributed by atoms with Gasteiger partial charge in [-0.1, -0.05) is 24.3 Å². The van der Waals surface area contributed by atoms with E-state index < -0.39 is 0 Å². The fraction of sp³-hybridized carbons (Fsp3) is 0.667. The van der Waals surface area contributed by atoms with E-state index in [1.54, 1.807) is 6.92 Å². The lowest BCUT2D eigenvalue weighted by Crippen LogP contribution is -2.53. The second kappa shape index (κ2) is 10.2. The minimum atomic E-state index is -0.165. The number of ether oxygens (including phenoxy) is 1. The lowest BCUT2D eigenvalue weighted by Gasteiger charge is -2.49. The van der Waals surface area contributed by atoms with E-state index in [0.29, 0.717) is 12.5 Å². The monoisotopic (exact) mass is 449 g/mol. The summed E-state index contributed by atoms with van der Waals surface area (Å²) >= 11 is 0. The number of likely N-dealkylation sites (tertiary alicyclic amines) is 2. The largest absolute Gasteiger partial charge is 0.450 e. The highest BCUT2D eigenvalue weighted by Crippen LogP contribution is 2.42. The van der Waals surface area contributed by atoms with Crippen molar-refractivity contribution in [3.63, 3.8) is 0 Å². The molecule has 0 saturated carbocycles. The van der Waals surface area contributed by atoms with Crippen molar-refractivity contribution in [1.82, 2.24) is 14.7 Å². The van der Waals surface area contributed by atoms with Crippen molar-refractivity contribution in [2.75, 3.05) is 45.9 Å². The second-order valence-corrected chi connectivity index (χ2v) is 9.24. The fourth-order valence-corrected chi connectivity index (χ4v) is 5.58. The highest BCUT2D eigenvalue weighted by molar-refractivity contribution is 5.85. The van der Waals surface area contributed by atoms with Crippen molar-refractivity contribution in [3.8, 4) is 0 Å². The van der Waals surface area contributed by atoms with Crippen LogP contribution in [0, 0.1) is 5.92 Å². The van der Waals surface area contributed by atoms with Crippen LogP contribution in [0.4, 0.5) is 4.79 Å². The van der Waals surface area contributed by atoms with Gasteiger partial charge >= 0.3 is 6.09 Å². The van der Waals surface area contributed by atoms with E-state index in [1.807, 2.05) is 16.7 Å². The summed E-state index contributed by atoms with van der Waals surface area (Å²) in [6.45, 7) is 10.5. The zero-order chi connectivity index (χ0) is 21.1.